The van der Waals surface area contributed by atoms with Gasteiger partial charge >= 0.3 is 6.03 Å². The van der Waals surface area contributed by atoms with Crippen LogP contribution in [-0.2, 0) is 4.79 Å². The summed E-state index contributed by atoms with van der Waals surface area (Å²) in [6.07, 6.45) is 0. The van der Waals surface area contributed by atoms with E-state index in [0.29, 0.717) is 26.6 Å². The predicted octanol–water partition coefficient (Wildman–Crippen LogP) is 4.00. The number of urea groups is 1. The van der Waals surface area contributed by atoms with E-state index in [1.54, 1.807) is 42.5 Å². The number of thioether (sulfide) groups is 1. The molecule has 7 nitrogen and oxygen atoms in total. The first-order valence-corrected chi connectivity index (χ1v) is 10.6. The number of hydrogen-bond acceptors (Lipinski definition) is 5. The highest BCUT2D eigenvalue weighted by Gasteiger charge is 2.27. The zero-order valence-electron chi connectivity index (χ0n) is 16.1. The van der Waals surface area contributed by atoms with Crippen LogP contribution in [0.2, 0.25) is 10.0 Å². The molecule has 1 aromatic heterocycles. The second-order valence-electron chi connectivity index (χ2n) is 6.81. The lowest BCUT2D eigenvalue weighted by molar-refractivity contribution is -0.120. The minimum absolute atomic E-state index is 0.181. The molecule has 10 heteroatoms. The molecule has 0 fully saturated rings. The lowest BCUT2D eigenvalue weighted by Gasteiger charge is -2.21. The zero-order valence-corrected chi connectivity index (χ0v) is 18.4. The van der Waals surface area contributed by atoms with Crippen molar-refractivity contribution in [3.8, 4) is 5.69 Å². The third-order valence-corrected chi connectivity index (χ3v) is 6.21. The number of hydrogen-bond donors (Lipinski definition) is 2. The van der Waals surface area contributed by atoms with E-state index >= 15 is 0 Å². The van der Waals surface area contributed by atoms with Gasteiger partial charge in [0.1, 0.15) is 0 Å². The first-order chi connectivity index (χ1) is 14.2. The van der Waals surface area contributed by atoms with Crippen molar-refractivity contribution in [1.82, 2.24) is 14.9 Å². The largest absolute Gasteiger partial charge is 0.351 e. The number of nitrogens with zero attached hydrogens (tertiary/aromatic N) is 2. The molecule has 0 radical (unpaired) electrons. The summed E-state index contributed by atoms with van der Waals surface area (Å²) in [6.45, 7) is 3.64. The molecule has 3 rings (SSSR count). The third kappa shape index (κ3) is 4.77. The van der Waals surface area contributed by atoms with Crippen LogP contribution in [0.25, 0.3) is 16.6 Å². The summed E-state index contributed by atoms with van der Waals surface area (Å²) in [6, 6.07) is 10.5. The Kier molecular flexibility index (Phi) is 6.70. The van der Waals surface area contributed by atoms with Crippen molar-refractivity contribution in [3.05, 3.63) is 62.9 Å². The van der Waals surface area contributed by atoms with Gasteiger partial charge in [0.25, 0.3) is 5.56 Å². The summed E-state index contributed by atoms with van der Waals surface area (Å²) < 4.78 is 1.41. The van der Waals surface area contributed by atoms with Crippen LogP contribution in [0.4, 0.5) is 4.79 Å². The minimum atomic E-state index is -0.945. The Morgan fingerprint density at radius 2 is 1.73 bits per heavy atom. The van der Waals surface area contributed by atoms with Crippen LogP contribution in [-0.4, -0.2) is 26.7 Å². The van der Waals surface area contributed by atoms with Gasteiger partial charge in [-0.1, -0.05) is 48.8 Å². The number of nitrogens with two attached hydrogens (primary N) is 1. The van der Waals surface area contributed by atoms with E-state index < -0.39 is 17.2 Å². The van der Waals surface area contributed by atoms with Crippen molar-refractivity contribution in [2.24, 2.45) is 11.7 Å². The van der Waals surface area contributed by atoms with Crippen LogP contribution in [0.1, 0.15) is 13.8 Å². The third-order valence-electron chi connectivity index (χ3n) is 4.23. The first kappa shape index (κ1) is 22.1. The van der Waals surface area contributed by atoms with E-state index in [0.717, 1.165) is 11.8 Å². The summed E-state index contributed by atoms with van der Waals surface area (Å²) in [7, 11) is 0. The van der Waals surface area contributed by atoms with Gasteiger partial charge < -0.3 is 5.73 Å². The topological polar surface area (TPSA) is 107 Å². The van der Waals surface area contributed by atoms with Crippen molar-refractivity contribution >= 4 is 57.8 Å². The number of halogens is 2. The quantitative estimate of drug-likeness (QED) is 0.438. The molecule has 3 amide bonds. The van der Waals surface area contributed by atoms with Crippen molar-refractivity contribution < 1.29 is 9.59 Å². The van der Waals surface area contributed by atoms with E-state index in [1.165, 1.54) is 4.57 Å². The number of rotatable bonds is 5. The van der Waals surface area contributed by atoms with Gasteiger partial charge in [-0.25, -0.2) is 9.78 Å². The van der Waals surface area contributed by atoms with E-state index in [9.17, 15) is 14.4 Å². The molecule has 1 atom stereocenters. The average molecular weight is 465 g/mol. The number of nitrogens with one attached hydrogen (secondary N) is 1. The molecule has 1 unspecified atom stereocenters. The molecule has 0 aliphatic carbocycles. The summed E-state index contributed by atoms with van der Waals surface area (Å²) >= 11 is 13.1. The smallest absolute Gasteiger partial charge is 0.318 e. The zero-order chi connectivity index (χ0) is 22.0. The lowest BCUT2D eigenvalue weighted by atomic mass is 10.1. The van der Waals surface area contributed by atoms with Gasteiger partial charge in [-0.05, 0) is 48.4 Å². The molecule has 30 heavy (non-hydrogen) atoms. The fourth-order valence-corrected chi connectivity index (χ4v) is 4.24. The highest BCUT2D eigenvalue weighted by molar-refractivity contribution is 8.00. The highest BCUT2D eigenvalue weighted by atomic mass is 35.5. The molecule has 0 saturated carbocycles. The van der Waals surface area contributed by atoms with Gasteiger partial charge in [0.15, 0.2) is 5.16 Å². The van der Waals surface area contributed by atoms with Gasteiger partial charge in [-0.15, -0.1) is 0 Å². The van der Waals surface area contributed by atoms with Crippen LogP contribution in [0.5, 0.6) is 0 Å². The van der Waals surface area contributed by atoms with Crippen LogP contribution in [0, 0.1) is 5.92 Å². The Bertz CT molecular complexity index is 1180. The van der Waals surface area contributed by atoms with Crippen LogP contribution in [0.3, 0.4) is 0 Å². The molecule has 2 aromatic carbocycles. The fourth-order valence-electron chi connectivity index (χ4n) is 2.83. The molecule has 0 aliphatic heterocycles. The Hall–Kier alpha value is -2.55. The number of amides is 3. The molecule has 156 valence electrons. The van der Waals surface area contributed by atoms with E-state index in [1.807, 2.05) is 13.8 Å². The van der Waals surface area contributed by atoms with Crippen LogP contribution in [0.15, 0.2) is 52.4 Å². The number of primary amides is 1. The van der Waals surface area contributed by atoms with Crippen molar-refractivity contribution in [1.29, 1.82) is 0 Å². The maximum atomic E-state index is 13.3. The SMILES string of the molecule is CC(C)C(Sc1nc2cc(Cl)ccc2c(=O)n1-c1ccc(Cl)cc1)C(=O)NC(N)=O. The van der Waals surface area contributed by atoms with Gasteiger partial charge in [-0.2, -0.15) is 0 Å². The predicted molar refractivity (Wildman–Crippen MR) is 120 cm³/mol. The number of imide groups is 1. The molecule has 3 N–H and O–H groups in total. The summed E-state index contributed by atoms with van der Waals surface area (Å²) in [5.74, 6) is -0.745. The van der Waals surface area contributed by atoms with Gasteiger partial charge in [0, 0.05) is 10.0 Å². The number of fused-ring (bicyclic) bond motifs is 1. The lowest BCUT2D eigenvalue weighted by Crippen LogP contribution is -2.42. The molecule has 1 heterocycles. The van der Waals surface area contributed by atoms with Crippen molar-refractivity contribution in [2.75, 3.05) is 0 Å². The monoisotopic (exact) mass is 464 g/mol. The highest BCUT2D eigenvalue weighted by Crippen LogP contribution is 2.30. The Morgan fingerprint density at radius 1 is 1.10 bits per heavy atom. The summed E-state index contributed by atoms with van der Waals surface area (Å²) in [4.78, 5) is 41.6. The second-order valence-corrected chi connectivity index (χ2v) is 8.79. The number of benzene rings is 2. The standard InChI is InChI=1S/C20H18Cl2N4O3S/c1-10(2)16(17(27)25-19(23)29)30-20-24-15-9-12(22)5-8-14(15)18(28)26(20)13-6-3-11(21)4-7-13/h3-10,16H,1-2H3,(H3,23,25,27,29). The molecule has 0 spiro atoms. The van der Waals surface area contributed by atoms with Gasteiger partial charge in [0.2, 0.25) is 5.91 Å². The molecule has 0 saturated heterocycles. The van der Waals surface area contributed by atoms with Gasteiger partial charge in [0.05, 0.1) is 21.8 Å². The number of carbonyl (C=O) groups excluding carboxylic acids is 2. The average Bonchev–Trinajstić information content (AvgIpc) is 2.66. The van der Waals surface area contributed by atoms with E-state index in [-0.39, 0.29) is 16.6 Å². The minimum Gasteiger partial charge on any atom is -0.351 e. The molecule has 3 aromatic rings. The Labute approximate surface area is 186 Å². The van der Waals surface area contributed by atoms with Gasteiger partial charge in [-0.3, -0.25) is 19.5 Å². The van der Waals surface area contributed by atoms with Crippen molar-refractivity contribution in [2.45, 2.75) is 24.3 Å². The van der Waals surface area contributed by atoms with Crippen molar-refractivity contribution in [3.63, 3.8) is 0 Å². The van der Waals surface area contributed by atoms with Crippen LogP contribution >= 0.6 is 35.0 Å². The molecule has 0 bridgehead atoms. The summed E-state index contributed by atoms with van der Waals surface area (Å²) in [5.41, 5.74) is 5.71. The van der Waals surface area contributed by atoms with Crippen LogP contribution < -0.4 is 16.6 Å². The molecule has 0 aliphatic rings. The Balaban J connectivity index is 2.21. The maximum absolute atomic E-state index is 13.3. The van der Waals surface area contributed by atoms with E-state index in [4.69, 9.17) is 28.9 Å². The second kappa shape index (κ2) is 9.07. The van der Waals surface area contributed by atoms with E-state index in [2.05, 4.69) is 10.3 Å². The molecular weight excluding hydrogens is 447 g/mol. The Morgan fingerprint density at radius 3 is 2.33 bits per heavy atom. The number of carbonyl (C=O) groups is 2. The normalized spacial score (nSPS) is 12.2. The molecular formula is C20H18Cl2N4O3S. The summed E-state index contributed by atoms with van der Waals surface area (Å²) in [5, 5.41) is 2.97. The maximum Gasteiger partial charge on any atom is 0.318 e. The fraction of sp³-hybridized carbons (Fsp3) is 0.200. The number of aromatic nitrogens is 2. The first-order valence-electron chi connectivity index (χ1n) is 8.92.